The third kappa shape index (κ3) is 2.58. The Morgan fingerprint density at radius 3 is 2.47 bits per heavy atom. The lowest BCUT2D eigenvalue weighted by atomic mass is 10.0. The fraction of sp³-hybridized carbons (Fsp3) is 0.125. The Labute approximate surface area is 130 Å². The van der Waals surface area contributed by atoms with Gasteiger partial charge in [-0.15, -0.1) is 11.3 Å². The van der Waals surface area contributed by atoms with Crippen LogP contribution in [0.15, 0.2) is 48.5 Å². The molecule has 1 aromatic heterocycles. The lowest BCUT2D eigenvalue weighted by Crippen LogP contribution is -1.89. The number of rotatable bonds is 2. The molecule has 0 N–H and O–H groups in total. The average molecular weight is 352 g/mol. The predicted octanol–water partition coefficient (Wildman–Crippen LogP) is 6.35. The first kappa shape index (κ1) is 13.2. The van der Waals surface area contributed by atoms with Crippen molar-refractivity contribution in [3.8, 4) is 0 Å². The van der Waals surface area contributed by atoms with Gasteiger partial charge in [0.05, 0.1) is 9.16 Å². The zero-order chi connectivity index (χ0) is 13.4. The first-order chi connectivity index (χ1) is 9.15. The molecule has 0 aliphatic rings. The predicted molar refractivity (Wildman–Crippen MR) is 88.8 cm³/mol. The quantitative estimate of drug-likeness (QED) is 0.472. The van der Waals surface area contributed by atoms with Crippen LogP contribution in [0.2, 0.25) is 4.34 Å². The van der Waals surface area contributed by atoms with Crippen molar-refractivity contribution in [1.29, 1.82) is 0 Å². The van der Waals surface area contributed by atoms with E-state index in [1.54, 1.807) is 11.3 Å². The highest BCUT2D eigenvalue weighted by atomic mass is 79.9. The molecule has 0 bridgehead atoms. The molecule has 0 spiro atoms. The Hall–Kier alpha value is -0.830. The molecule has 3 heteroatoms. The molecule has 0 aliphatic carbocycles. The van der Waals surface area contributed by atoms with E-state index in [9.17, 15) is 0 Å². The van der Waals surface area contributed by atoms with Crippen molar-refractivity contribution in [2.75, 3.05) is 0 Å². The molecule has 3 aromatic rings. The fourth-order valence-electron chi connectivity index (χ4n) is 2.14. The maximum Gasteiger partial charge on any atom is 0.0960 e. The topological polar surface area (TPSA) is 0 Å². The van der Waals surface area contributed by atoms with Gasteiger partial charge in [0, 0.05) is 4.88 Å². The molecule has 1 unspecified atom stereocenters. The van der Waals surface area contributed by atoms with Crippen LogP contribution in [-0.4, -0.2) is 0 Å². The van der Waals surface area contributed by atoms with Gasteiger partial charge in [0.1, 0.15) is 0 Å². The molecule has 0 amide bonds. The largest absolute Gasteiger partial charge is 0.127 e. The summed E-state index contributed by atoms with van der Waals surface area (Å²) in [4.78, 5) is 1.45. The summed E-state index contributed by atoms with van der Waals surface area (Å²) in [6, 6.07) is 17.1. The van der Waals surface area contributed by atoms with Crippen molar-refractivity contribution in [3.63, 3.8) is 0 Å². The third-order valence-electron chi connectivity index (χ3n) is 3.19. The zero-order valence-electron chi connectivity index (χ0n) is 10.4. The van der Waals surface area contributed by atoms with E-state index in [0.29, 0.717) is 0 Å². The number of fused-ring (bicyclic) bond motifs is 1. The lowest BCUT2D eigenvalue weighted by molar-refractivity contribution is 1.23. The molecule has 0 aliphatic heterocycles. The highest BCUT2D eigenvalue weighted by Gasteiger charge is 2.14. The zero-order valence-corrected chi connectivity index (χ0v) is 13.5. The summed E-state index contributed by atoms with van der Waals surface area (Å²) in [7, 11) is 0. The van der Waals surface area contributed by atoms with E-state index >= 15 is 0 Å². The highest BCUT2D eigenvalue weighted by molar-refractivity contribution is 9.09. The maximum atomic E-state index is 6.15. The number of aryl methyl sites for hydroxylation is 1. The molecule has 0 radical (unpaired) electrons. The lowest BCUT2D eigenvalue weighted by Gasteiger charge is -2.09. The van der Waals surface area contributed by atoms with Crippen molar-refractivity contribution < 1.29 is 0 Å². The molecule has 0 nitrogen and oxygen atoms in total. The number of thiophene rings is 1. The van der Waals surface area contributed by atoms with Gasteiger partial charge < -0.3 is 0 Å². The third-order valence-corrected chi connectivity index (χ3v) is 6.14. The number of hydrogen-bond acceptors (Lipinski definition) is 1. The Bertz CT molecular complexity index is 713. The normalized spacial score (nSPS) is 12.8. The molecule has 19 heavy (non-hydrogen) atoms. The van der Waals surface area contributed by atoms with Crippen molar-refractivity contribution >= 4 is 49.6 Å². The van der Waals surface area contributed by atoms with E-state index in [4.69, 9.17) is 11.6 Å². The summed E-state index contributed by atoms with van der Waals surface area (Å²) in [5.41, 5.74) is 2.41. The molecule has 0 saturated carbocycles. The van der Waals surface area contributed by atoms with Crippen LogP contribution in [0, 0.1) is 6.92 Å². The van der Waals surface area contributed by atoms with Gasteiger partial charge in [-0.05, 0) is 41.0 Å². The smallest absolute Gasteiger partial charge is 0.0960 e. The molecule has 0 fully saturated rings. The first-order valence-corrected chi connectivity index (χ1v) is 8.15. The molecule has 1 atom stereocenters. The second-order valence-electron chi connectivity index (χ2n) is 4.57. The van der Waals surface area contributed by atoms with Crippen LogP contribution in [0.25, 0.3) is 10.8 Å². The van der Waals surface area contributed by atoms with Crippen molar-refractivity contribution in [2.45, 2.75) is 11.8 Å². The SMILES string of the molecule is Cc1cc(C(Br)c2ccc3ccccc3c2)sc1Cl. The Kier molecular flexibility index (Phi) is 3.66. The minimum atomic E-state index is 0.202. The van der Waals surface area contributed by atoms with Gasteiger partial charge in [0.15, 0.2) is 0 Å². The van der Waals surface area contributed by atoms with Crippen molar-refractivity contribution in [3.05, 3.63) is 68.9 Å². The Morgan fingerprint density at radius 1 is 1.05 bits per heavy atom. The van der Waals surface area contributed by atoms with E-state index < -0.39 is 0 Å². The first-order valence-electron chi connectivity index (χ1n) is 6.04. The van der Waals surface area contributed by atoms with Gasteiger partial charge in [-0.3, -0.25) is 0 Å². The van der Waals surface area contributed by atoms with Gasteiger partial charge in [-0.1, -0.05) is 63.9 Å². The minimum Gasteiger partial charge on any atom is -0.127 e. The van der Waals surface area contributed by atoms with Crippen LogP contribution >= 0.6 is 38.9 Å². The maximum absolute atomic E-state index is 6.15. The van der Waals surface area contributed by atoms with Crippen LogP contribution in [0.5, 0.6) is 0 Å². The Morgan fingerprint density at radius 2 is 1.79 bits per heavy atom. The second kappa shape index (κ2) is 5.28. The van der Waals surface area contributed by atoms with Gasteiger partial charge >= 0.3 is 0 Å². The molecular weight excluding hydrogens is 340 g/mol. The van der Waals surface area contributed by atoms with Crippen molar-refractivity contribution in [2.24, 2.45) is 0 Å². The average Bonchev–Trinajstić information content (AvgIpc) is 2.77. The van der Waals surface area contributed by atoms with E-state index in [2.05, 4.69) is 64.5 Å². The molecule has 1 heterocycles. The number of benzene rings is 2. The summed E-state index contributed by atoms with van der Waals surface area (Å²) < 4.78 is 0.875. The van der Waals surface area contributed by atoms with Crippen molar-refractivity contribution in [1.82, 2.24) is 0 Å². The fourth-order valence-corrected chi connectivity index (χ4v) is 4.06. The van der Waals surface area contributed by atoms with Gasteiger partial charge in [0.25, 0.3) is 0 Å². The summed E-state index contributed by atoms with van der Waals surface area (Å²) >= 11 is 11.6. The minimum absolute atomic E-state index is 0.202. The van der Waals surface area contributed by atoms with E-state index in [-0.39, 0.29) is 4.83 Å². The summed E-state index contributed by atoms with van der Waals surface area (Å²) in [6.45, 7) is 2.04. The number of halogens is 2. The van der Waals surface area contributed by atoms with E-state index in [1.807, 2.05) is 6.92 Å². The molecule has 3 rings (SSSR count). The van der Waals surface area contributed by atoms with E-state index in [1.165, 1.54) is 21.2 Å². The number of hydrogen-bond donors (Lipinski definition) is 0. The highest BCUT2D eigenvalue weighted by Crippen LogP contribution is 2.39. The molecule has 0 saturated heterocycles. The Balaban J connectivity index is 2.03. The number of alkyl halides is 1. The summed E-state index contributed by atoms with van der Waals surface area (Å²) in [5.74, 6) is 0. The molecular formula is C16H12BrClS. The van der Waals surface area contributed by atoms with Crippen LogP contribution < -0.4 is 0 Å². The van der Waals surface area contributed by atoms with Crippen LogP contribution in [-0.2, 0) is 0 Å². The van der Waals surface area contributed by atoms with Crippen LogP contribution in [0.1, 0.15) is 20.8 Å². The van der Waals surface area contributed by atoms with Crippen LogP contribution in [0.4, 0.5) is 0 Å². The van der Waals surface area contributed by atoms with E-state index in [0.717, 1.165) is 9.90 Å². The summed E-state index contributed by atoms with van der Waals surface area (Å²) in [6.07, 6.45) is 0. The van der Waals surface area contributed by atoms with Gasteiger partial charge in [0.2, 0.25) is 0 Å². The van der Waals surface area contributed by atoms with Gasteiger partial charge in [-0.2, -0.15) is 0 Å². The van der Waals surface area contributed by atoms with Gasteiger partial charge in [-0.25, -0.2) is 0 Å². The molecule has 96 valence electrons. The van der Waals surface area contributed by atoms with Crippen LogP contribution in [0.3, 0.4) is 0 Å². The monoisotopic (exact) mass is 350 g/mol. The standard InChI is InChI=1S/C16H12BrClS/c1-10-8-14(19-16(10)18)15(17)13-7-6-11-4-2-3-5-12(11)9-13/h2-9,15H,1H3. The second-order valence-corrected chi connectivity index (χ2v) is 7.18. The summed E-state index contributed by atoms with van der Waals surface area (Å²) in [5, 5.41) is 2.54. The molecule has 2 aromatic carbocycles.